The van der Waals surface area contributed by atoms with E-state index in [9.17, 15) is 9.18 Å². The van der Waals surface area contributed by atoms with Crippen LogP contribution in [-0.2, 0) is 4.79 Å². The quantitative estimate of drug-likeness (QED) is 0.869. The van der Waals surface area contributed by atoms with Gasteiger partial charge >= 0.3 is 5.97 Å². The van der Waals surface area contributed by atoms with Crippen molar-refractivity contribution in [2.24, 2.45) is 0 Å². The van der Waals surface area contributed by atoms with E-state index in [4.69, 9.17) is 5.11 Å². The summed E-state index contributed by atoms with van der Waals surface area (Å²) in [6, 6.07) is 9.63. The lowest BCUT2D eigenvalue weighted by atomic mass is 10.2. The van der Waals surface area contributed by atoms with Crippen molar-refractivity contribution in [3.63, 3.8) is 0 Å². The van der Waals surface area contributed by atoms with Crippen molar-refractivity contribution < 1.29 is 14.3 Å². The molecule has 1 heterocycles. The standard InChI is InChI=1S/C15H13FN2O2/c1-18(13-6-4-12(16)5-7-13)14-8-2-11(10-17-14)3-9-15(19)20/h2-10H,1H3,(H,19,20)/b9-3+. The highest BCUT2D eigenvalue weighted by Gasteiger charge is 2.05. The number of nitrogens with zero attached hydrogens (tertiary/aromatic N) is 2. The van der Waals surface area contributed by atoms with E-state index >= 15 is 0 Å². The first-order chi connectivity index (χ1) is 9.56. The Hall–Kier alpha value is -2.69. The summed E-state index contributed by atoms with van der Waals surface area (Å²) in [4.78, 5) is 16.5. The van der Waals surface area contributed by atoms with E-state index < -0.39 is 5.97 Å². The van der Waals surface area contributed by atoms with Gasteiger partial charge in [-0.3, -0.25) is 0 Å². The predicted octanol–water partition coefficient (Wildman–Crippen LogP) is 3.09. The third-order valence-electron chi connectivity index (χ3n) is 2.75. The van der Waals surface area contributed by atoms with E-state index in [1.165, 1.54) is 18.2 Å². The summed E-state index contributed by atoms with van der Waals surface area (Å²) in [5.74, 6) is -0.606. The number of anilines is 2. The van der Waals surface area contributed by atoms with Crippen LogP contribution in [0.4, 0.5) is 15.9 Å². The van der Waals surface area contributed by atoms with Crippen LogP contribution in [0.15, 0.2) is 48.7 Å². The molecule has 2 rings (SSSR count). The number of halogens is 1. The van der Waals surface area contributed by atoms with Crippen LogP contribution in [0.5, 0.6) is 0 Å². The van der Waals surface area contributed by atoms with Gasteiger partial charge < -0.3 is 10.0 Å². The van der Waals surface area contributed by atoms with Gasteiger partial charge in [0, 0.05) is 25.0 Å². The minimum atomic E-state index is -1.00. The van der Waals surface area contributed by atoms with E-state index in [1.807, 2.05) is 11.9 Å². The summed E-state index contributed by atoms with van der Waals surface area (Å²) in [5, 5.41) is 8.54. The molecule has 0 radical (unpaired) electrons. The summed E-state index contributed by atoms with van der Waals surface area (Å²) in [5.41, 5.74) is 1.51. The molecule has 5 heteroatoms. The average Bonchev–Trinajstić information content (AvgIpc) is 2.46. The highest BCUT2D eigenvalue weighted by atomic mass is 19.1. The Balaban J connectivity index is 2.17. The summed E-state index contributed by atoms with van der Waals surface area (Å²) in [6.45, 7) is 0. The molecular formula is C15H13FN2O2. The summed E-state index contributed by atoms with van der Waals surface area (Å²) in [6.07, 6.45) is 4.10. The highest BCUT2D eigenvalue weighted by Crippen LogP contribution is 2.21. The number of carbonyl (C=O) groups is 1. The number of aromatic nitrogens is 1. The molecule has 0 atom stereocenters. The Kier molecular flexibility index (Phi) is 4.10. The van der Waals surface area contributed by atoms with Crippen LogP contribution in [-0.4, -0.2) is 23.1 Å². The Morgan fingerprint density at radius 2 is 1.95 bits per heavy atom. The van der Waals surface area contributed by atoms with Gasteiger partial charge in [-0.15, -0.1) is 0 Å². The maximum atomic E-state index is 12.9. The molecule has 2 aromatic rings. The van der Waals surface area contributed by atoms with Crippen LogP contribution in [0.3, 0.4) is 0 Å². The van der Waals surface area contributed by atoms with E-state index in [2.05, 4.69) is 4.98 Å². The molecule has 0 bridgehead atoms. The molecule has 0 unspecified atom stereocenters. The number of hydrogen-bond donors (Lipinski definition) is 1. The average molecular weight is 272 g/mol. The molecule has 0 amide bonds. The number of rotatable bonds is 4. The first-order valence-corrected chi connectivity index (χ1v) is 5.92. The fraction of sp³-hybridized carbons (Fsp3) is 0.0667. The van der Waals surface area contributed by atoms with Crippen LogP contribution in [0.1, 0.15) is 5.56 Å². The number of benzene rings is 1. The van der Waals surface area contributed by atoms with Crippen LogP contribution in [0, 0.1) is 5.82 Å². The molecule has 1 N–H and O–H groups in total. The zero-order valence-electron chi connectivity index (χ0n) is 10.8. The van der Waals surface area contributed by atoms with E-state index in [0.29, 0.717) is 11.4 Å². The van der Waals surface area contributed by atoms with Gasteiger partial charge in [-0.25, -0.2) is 14.2 Å². The SMILES string of the molecule is CN(c1ccc(F)cc1)c1ccc(/C=C/C(=O)O)cn1. The van der Waals surface area contributed by atoms with Crippen LogP contribution in [0.25, 0.3) is 6.08 Å². The number of carboxylic acid groups (broad SMARTS) is 1. The van der Waals surface area contributed by atoms with Gasteiger partial charge in [0.05, 0.1) is 0 Å². The molecule has 0 saturated heterocycles. The van der Waals surface area contributed by atoms with Crippen molar-refractivity contribution >= 4 is 23.6 Å². The molecule has 1 aromatic heterocycles. The Morgan fingerprint density at radius 1 is 1.25 bits per heavy atom. The minimum absolute atomic E-state index is 0.288. The van der Waals surface area contributed by atoms with Gasteiger partial charge in [-0.05, 0) is 48.0 Å². The number of hydrogen-bond acceptors (Lipinski definition) is 3. The second-order valence-electron chi connectivity index (χ2n) is 4.16. The van der Waals surface area contributed by atoms with Gasteiger partial charge in [-0.1, -0.05) is 0 Å². The zero-order valence-corrected chi connectivity index (χ0v) is 10.8. The van der Waals surface area contributed by atoms with Crippen LogP contribution < -0.4 is 4.90 Å². The van der Waals surface area contributed by atoms with Crippen LogP contribution >= 0.6 is 0 Å². The molecule has 0 saturated carbocycles. The molecule has 0 spiro atoms. The number of aliphatic carboxylic acids is 1. The Morgan fingerprint density at radius 3 is 2.50 bits per heavy atom. The number of pyridine rings is 1. The van der Waals surface area contributed by atoms with Crippen molar-refractivity contribution in [1.82, 2.24) is 4.98 Å². The largest absolute Gasteiger partial charge is 0.478 e. The second-order valence-corrected chi connectivity index (χ2v) is 4.16. The highest BCUT2D eigenvalue weighted by molar-refractivity contribution is 5.85. The zero-order chi connectivity index (χ0) is 14.5. The molecular weight excluding hydrogens is 259 g/mol. The van der Waals surface area contributed by atoms with Gasteiger partial charge in [0.1, 0.15) is 11.6 Å². The van der Waals surface area contributed by atoms with Gasteiger partial charge in [-0.2, -0.15) is 0 Å². The number of carboxylic acids is 1. The van der Waals surface area contributed by atoms with E-state index in [1.54, 1.807) is 30.5 Å². The Labute approximate surface area is 115 Å². The van der Waals surface area contributed by atoms with Gasteiger partial charge in [0.25, 0.3) is 0 Å². The topological polar surface area (TPSA) is 53.4 Å². The third kappa shape index (κ3) is 3.41. The molecule has 102 valence electrons. The molecule has 0 aliphatic carbocycles. The van der Waals surface area contributed by atoms with Crippen molar-refractivity contribution in [3.05, 3.63) is 60.1 Å². The summed E-state index contributed by atoms with van der Waals surface area (Å²) < 4.78 is 12.9. The lowest BCUT2D eigenvalue weighted by Gasteiger charge is -2.18. The predicted molar refractivity (Wildman–Crippen MR) is 75.4 cm³/mol. The lowest BCUT2D eigenvalue weighted by Crippen LogP contribution is -2.10. The molecule has 4 nitrogen and oxygen atoms in total. The molecule has 0 fully saturated rings. The minimum Gasteiger partial charge on any atom is -0.478 e. The summed E-state index contributed by atoms with van der Waals surface area (Å²) in [7, 11) is 1.82. The summed E-state index contributed by atoms with van der Waals surface area (Å²) >= 11 is 0. The van der Waals surface area contributed by atoms with E-state index in [0.717, 1.165) is 11.8 Å². The van der Waals surface area contributed by atoms with Gasteiger partial charge in [0.2, 0.25) is 0 Å². The van der Waals surface area contributed by atoms with Crippen LogP contribution in [0.2, 0.25) is 0 Å². The fourth-order valence-electron chi connectivity index (χ4n) is 1.66. The van der Waals surface area contributed by atoms with Crippen molar-refractivity contribution in [3.8, 4) is 0 Å². The van der Waals surface area contributed by atoms with Crippen molar-refractivity contribution in [1.29, 1.82) is 0 Å². The lowest BCUT2D eigenvalue weighted by molar-refractivity contribution is -0.131. The maximum Gasteiger partial charge on any atom is 0.328 e. The molecule has 1 aromatic carbocycles. The first kappa shape index (κ1) is 13.7. The van der Waals surface area contributed by atoms with Crippen molar-refractivity contribution in [2.75, 3.05) is 11.9 Å². The monoisotopic (exact) mass is 272 g/mol. The smallest absolute Gasteiger partial charge is 0.328 e. The van der Waals surface area contributed by atoms with Gasteiger partial charge in [0.15, 0.2) is 0 Å². The van der Waals surface area contributed by atoms with E-state index in [-0.39, 0.29) is 5.82 Å². The fourth-order valence-corrected chi connectivity index (χ4v) is 1.66. The normalized spacial score (nSPS) is 10.7. The Bertz CT molecular complexity index is 621. The maximum absolute atomic E-state index is 12.9. The second kappa shape index (κ2) is 5.97. The molecule has 0 aliphatic rings. The molecule has 0 aliphatic heterocycles. The molecule has 20 heavy (non-hydrogen) atoms. The first-order valence-electron chi connectivity index (χ1n) is 5.92. The third-order valence-corrected chi connectivity index (χ3v) is 2.75. The van der Waals surface area contributed by atoms with Crippen molar-refractivity contribution in [2.45, 2.75) is 0 Å².